The zero-order chi connectivity index (χ0) is 28.5. The third-order valence-corrected chi connectivity index (χ3v) is 10.1. The number of nitrogens with zero attached hydrogens (tertiary/aromatic N) is 2. The van der Waals surface area contributed by atoms with Crippen LogP contribution in [-0.2, 0) is 18.3 Å². The molecule has 0 radical (unpaired) electrons. The first-order chi connectivity index (χ1) is 20.0. The Balaban J connectivity index is 1.19. The van der Waals surface area contributed by atoms with Gasteiger partial charge in [0, 0.05) is 16.9 Å². The Morgan fingerprint density at radius 2 is 1.56 bits per heavy atom. The summed E-state index contributed by atoms with van der Waals surface area (Å²) in [5.74, 6) is 0.895. The first-order valence-electron chi connectivity index (χ1n) is 15.7. The van der Waals surface area contributed by atoms with E-state index in [0.29, 0.717) is 0 Å². The molecule has 1 aliphatic heterocycles. The number of hydrogen-bond donors (Lipinski definition) is 0. The van der Waals surface area contributed by atoms with Crippen molar-refractivity contribution in [1.29, 1.82) is 0 Å². The third-order valence-electron chi connectivity index (χ3n) is 9.21. The highest BCUT2D eigenvalue weighted by Crippen LogP contribution is 2.36. The van der Waals surface area contributed by atoms with Gasteiger partial charge in [-0.15, -0.1) is 0 Å². The second-order valence-electron chi connectivity index (χ2n) is 12.4. The van der Waals surface area contributed by atoms with Crippen molar-refractivity contribution in [3.8, 4) is 0 Å². The summed E-state index contributed by atoms with van der Waals surface area (Å²) < 4.78 is 2.47. The van der Waals surface area contributed by atoms with Crippen molar-refractivity contribution >= 4 is 22.7 Å². The molecule has 0 N–H and O–H groups in total. The van der Waals surface area contributed by atoms with Gasteiger partial charge in [-0.1, -0.05) is 105 Å². The van der Waals surface area contributed by atoms with Crippen molar-refractivity contribution in [3.63, 3.8) is 0 Å². The van der Waals surface area contributed by atoms with Crippen molar-refractivity contribution < 1.29 is 0 Å². The summed E-state index contributed by atoms with van der Waals surface area (Å²) in [5.41, 5.74) is 4.61. The molecule has 1 aliphatic rings. The lowest BCUT2D eigenvalue weighted by molar-refractivity contribution is 0.161. The Labute approximate surface area is 253 Å². The number of rotatable bonds is 13. The van der Waals surface area contributed by atoms with Gasteiger partial charge < -0.3 is 4.90 Å². The summed E-state index contributed by atoms with van der Waals surface area (Å²) in [7, 11) is 2.27. The van der Waals surface area contributed by atoms with E-state index in [0.717, 1.165) is 18.9 Å². The fraction of sp³-hybridized carbons (Fsp3) is 0.421. The molecule has 2 nitrogen and oxygen atoms in total. The van der Waals surface area contributed by atoms with Crippen LogP contribution in [0.1, 0.15) is 62.6 Å². The number of hydrogen-bond acceptors (Lipinski definition) is 3. The van der Waals surface area contributed by atoms with Crippen molar-refractivity contribution in [2.45, 2.75) is 69.1 Å². The summed E-state index contributed by atoms with van der Waals surface area (Å²) in [5, 5.41) is 2.62. The molecule has 216 valence electrons. The van der Waals surface area contributed by atoms with Crippen molar-refractivity contribution in [2.75, 3.05) is 33.2 Å². The predicted octanol–water partition coefficient (Wildman–Crippen LogP) is 9.42. The highest BCUT2D eigenvalue weighted by molar-refractivity contribution is 7.97. The first kappa shape index (κ1) is 29.9. The quantitative estimate of drug-likeness (QED) is 0.149. The van der Waals surface area contributed by atoms with Gasteiger partial charge in [0.05, 0.1) is 0 Å². The Bertz CT molecular complexity index is 1360. The highest BCUT2D eigenvalue weighted by Gasteiger charge is 2.31. The lowest BCUT2D eigenvalue weighted by atomic mass is 9.76. The van der Waals surface area contributed by atoms with E-state index in [2.05, 4.69) is 127 Å². The lowest BCUT2D eigenvalue weighted by Gasteiger charge is -2.39. The molecular weight excluding hydrogens is 516 g/mol. The molecule has 5 rings (SSSR count). The van der Waals surface area contributed by atoms with Gasteiger partial charge in [0.2, 0.25) is 0 Å². The Kier molecular flexibility index (Phi) is 10.6. The minimum absolute atomic E-state index is 0.0950. The van der Waals surface area contributed by atoms with Crippen LogP contribution in [0.5, 0.6) is 0 Å². The Morgan fingerprint density at radius 3 is 2.34 bits per heavy atom. The van der Waals surface area contributed by atoms with Crippen molar-refractivity contribution in [1.82, 2.24) is 9.21 Å². The van der Waals surface area contributed by atoms with Gasteiger partial charge in [-0.05, 0) is 123 Å². The van der Waals surface area contributed by atoms with E-state index < -0.39 is 0 Å². The van der Waals surface area contributed by atoms with Crippen LogP contribution in [0.15, 0.2) is 102 Å². The van der Waals surface area contributed by atoms with Gasteiger partial charge in [0.25, 0.3) is 0 Å². The minimum atomic E-state index is 0.0950. The van der Waals surface area contributed by atoms with Crippen LogP contribution in [0.4, 0.5) is 0 Å². The molecule has 1 heterocycles. The van der Waals surface area contributed by atoms with E-state index in [9.17, 15) is 0 Å². The van der Waals surface area contributed by atoms with Gasteiger partial charge in [-0.3, -0.25) is 0 Å². The molecule has 1 unspecified atom stereocenters. The van der Waals surface area contributed by atoms with Gasteiger partial charge in [0.1, 0.15) is 0 Å². The Morgan fingerprint density at radius 1 is 0.854 bits per heavy atom. The molecule has 1 saturated heterocycles. The molecule has 41 heavy (non-hydrogen) atoms. The third kappa shape index (κ3) is 8.25. The summed E-state index contributed by atoms with van der Waals surface area (Å²) >= 11 is 1.88. The SMILES string of the molecule is CCc1ccccc1C(C)(CCN1CCC(CCCc2ccccc2)CC1)CN(C)Sc1ccc2ccccc2c1. The molecule has 4 aromatic carbocycles. The molecule has 1 atom stereocenters. The Hall–Kier alpha value is -2.59. The van der Waals surface area contributed by atoms with Crippen molar-refractivity contribution in [3.05, 3.63) is 114 Å². The summed E-state index contributed by atoms with van der Waals surface area (Å²) in [6.07, 6.45) is 8.90. The van der Waals surface area contributed by atoms with Crippen LogP contribution in [0.3, 0.4) is 0 Å². The van der Waals surface area contributed by atoms with E-state index in [1.165, 1.54) is 90.5 Å². The second kappa shape index (κ2) is 14.5. The van der Waals surface area contributed by atoms with Crippen LogP contribution >= 0.6 is 11.9 Å². The summed E-state index contributed by atoms with van der Waals surface area (Å²) in [6.45, 7) is 9.52. The molecule has 0 aliphatic carbocycles. The molecule has 0 saturated carbocycles. The maximum Gasteiger partial charge on any atom is 0.0236 e. The zero-order valence-corrected chi connectivity index (χ0v) is 26.2. The van der Waals surface area contributed by atoms with Crippen LogP contribution in [0, 0.1) is 5.92 Å². The molecule has 0 amide bonds. The average molecular weight is 565 g/mol. The van der Waals surface area contributed by atoms with Gasteiger partial charge in [-0.25, -0.2) is 4.31 Å². The highest BCUT2D eigenvalue weighted by atomic mass is 32.2. The van der Waals surface area contributed by atoms with Gasteiger partial charge >= 0.3 is 0 Å². The van der Waals surface area contributed by atoms with E-state index in [-0.39, 0.29) is 5.41 Å². The summed E-state index contributed by atoms with van der Waals surface area (Å²) in [4.78, 5) is 4.06. The zero-order valence-electron chi connectivity index (χ0n) is 25.4. The molecule has 0 aromatic heterocycles. The maximum absolute atomic E-state index is 2.75. The van der Waals surface area contributed by atoms with Crippen LogP contribution in [0.25, 0.3) is 10.8 Å². The minimum Gasteiger partial charge on any atom is -0.303 e. The molecule has 4 aromatic rings. The van der Waals surface area contributed by atoms with Crippen LogP contribution in [-0.4, -0.2) is 42.4 Å². The summed E-state index contributed by atoms with van der Waals surface area (Å²) in [6, 6.07) is 35.7. The maximum atomic E-state index is 2.75. The van der Waals surface area contributed by atoms with Crippen LogP contribution in [0.2, 0.25) is 0 Å². The number of aryl methyl sites for hydroxylation is 2. The monoisotopic (exact) mass is 564 g/mol. The lowest BCUT2D eigenvalue weighted by Crippen LogP contribution is -2.41. The standard InChI is InChI=1S/C38H48N2S/c1-4-33-17-10-11-20-37(33)38(2,30-39(3)41-36-22-21-34-18-8-9-19-35(34)29-36)25-28-40-26-23-32(24-27-40)16-12-15-31-13-6-5-7-14-31/h5-11,13-14,17-22,29,32H,4,12,15-16,23-28,30H2,1-3H3. The molecule has 0 spiro atoms. The smallest absolute Gasteiger partial charge is 0.0236 e. The number of likely N-dealkylation sites (tertiary alicyclic amines) is 1. The van der Waals surface area contributed by atoms with Crippen molar-refractivity contribution in [2.24, 2.45) is 5.92 Å². The number of fused-ring (bicyclic) bond motifs is 1. The number of benzene rings is 4. The van der Waals surface area contributed by atoms with Gasteiger partial charge in [0.15, 0.2) is 0 Å². The number of likely N-dealkylation sites (N-methyl/N-ethyl adjacent to an activating group) is 1. The first-order valence-corrected chi connectivity index (χ1v) is 16.5. The van der Waals surface area contributed by atoms with E-state index in [4.69, 9.17) is 0 Å². The molecule has 3 heteroatoms. The molecule has 0 bridgehead atoms. The predicted molar refractivity (Wildman–Crippen MR) is 179 cm³/mol. The van der Waals surface area contributed by atoms with E-state index in [1.807, 2.05) is 11.9 Å². The van der Waals surface area contributed by atoms with E-state index in [1.54, 1.807) is 0 Å². The molecular formula is C38H48N2S. The fourth-order valence-corrected chi connectivity index (χ4v) is 7.81. The second-order valence-corrected chi connectivity index (χ2v) is 13.6. The van der Waals surface area contributed by atoms with Crippen LogP contribution < -0.4 is 0 Å². The molecule has 1 fully saturated rings. The fourth-order valence-electron chi connectivity index (χ4n) is 6.79. The normalized spacial score (nSPS) is 16.3. The average Bonchev–Trinajstić information content (AvgIpc) is 3.01. The van der Waals surface area contributed by atoms with Gasteiger partial charge in [-0.2, -0.15) is 0 Å². The number of piperidine rings is 1. The van der Waals surface area contributed by atoms with E-state index >= 15 is 0 Å². The largest absolute Gasteiger partial charge is 0.303 e. The topological polar surface area (TPSA) is 6.48 Å².